The smallest absolute Gasteiger partial charge is 0.339 e. The van der Waals surface area contributed by atoms with E-state index in [1.54, 1.807) is 17.8 Å². The molecule has 0 saturated heterocycles. The lowest BCUT2D eigenvalue weighted by molar-refractivity contribution is 0.0446. The van der Waals surface area contributed by atoms with Crippen LogP contribution in [0.1, 0.15) is 32.9 Å². The van der Waals surface area contributed by atoms with Gasteiger partial charge in [0.25, 0.3) is 0 Å². The van der Waals surface area contributed by atoms with Crippen molar-refractivity contribution in [3.05, 3.63) is 76.7 Å². The lowest BCUT2D eigenvalue weighted by Crippen LogP contribution is -2.13. The first kappa shape index (κ1) is 20.0. The second kappa shape index (κ2) is 9.46. The lowest BCUT2D eigenvalue weighted by Gasteiger charge is -2.10. The Morgan fingerprint density at radius 2 is 1.89 bits per heavy atom. The first-order valence-electron chi connectivity index (χ1n) is 9.05. The van der Waals surface area contributed by atoms with E-state index in [0.717, 1.165) is 33.2 Å². The molecule has 1 heterocycles. The van der Waals surface area contributed by atoms with Crippen LogP contribution in [0.3, 0.4) is 0 Å². The summed E-state index contributed by atoms with van der Waals surface area (Å²) in [6.45, 7) is 6.31. The normalized spacial score (nSPS) is 10.7. The van der Waals surface area contributed by atoms with Crippen molar-refractivity contribution in [2.24, 2.45) is 0 Å². The van der Waals surface area contributed by atoms with Crippen LogP contribution in [0.5, 0.6) is 5.75 Å². The number of benzene rings is 2. The maximum absolute atomic E-state index is 12.5. The monoisotopic (exact) mass is 397 g/mol. The van der Waals surface area contributed by atoms with Crippen LogP contribution in [0.2, 0.25) is 0 Å². The summed E-state index contributed by atoms with van der Waals surface area (Å²) in [6, 6.07) is 15.2. The van der Waals surface area contributed by atoms with Crippen LogP contribution in [0.4, 0.5) is 0 Å². The summed E-state index contributed by atoms with van der Waals surface area (Å²) in [7, 11) is 0. The molecule has 3 aromatic rings. The molecule has 0 N–H and O–H groups in total. The van der Waals surface area contributed by atoms with Crippen LogP contribution in [-0.4, -0.2) is 24.3 Å². The highest BCUT2D eigenvalue weighted by Gasteiger charge is 2.15. The molecule has 0 aliphatic carbocycles. The van der Waals surface area contributed by atoms with Gasteiger partial charge in [0.2, 0.25) is 0 Å². The Balaban J connectivity index is 1.55. The molecule has 0 unspecified atom stereocenters. The molecule has 0 atom stereocenters. The topological polar surface area (TPSA) is 61.6 Å². The summed E-state index contributed by atoms with van der Waals surface area (Å²) < 4.78 is 16.2. The van der Waals surface area contributed by atoms with Crippen LogP contribution in [0, 0.1) is 20.8 Å². The fourth-order valence-corrected chi connectivity index (χ4v) is 3.89. The number of carbonyl (C=O) groups excluding carboxylic acids is 1. The molecular formula is C22H23NO4S. The molecule has 0 saturated carbocycles. The molecule has 0 fully saturated rings. The van der Waals surface area contributed by atoms with Gasteiger partial charge in [0, 0.05) is 16.2 Å². The number of hydrogen-bond acceptors (Lipinski definition) is 6. The zero-order valence-corrected chi connectivity index (χ0v) is 17.0. The van der Waals surface area contributed by atoms with Crippen molar-refractivity contribution in [2.45, 2.75) is 31.4 Å². The molecule has 0 bridgehead atoms. The lowest BCUT2D eigenvalue weighted by atomic mass is 10.2. The molecule has 0 radical (unpaired) electrons. The number of ether oxygens (including phenoxy) is 2. The summed E-state index contributed by atoms with van der Waals surface area (Å²) in [4.78, 5) is 13.4. The first-order chi connectivity index (χ1) is 13.5. The van der Waals surface area contributed by atoms with E-state index in [2.05, 4.69) is 5.16 Å². The van der Waals surface area contributed by atoms with Gasteiger partial charge < -0.3 is 14.0 Å². The first-order valence-corrected chi connectivity index (χ1v) is 10.0. The van der Waals surface area contributed by atoms with E-state index < -0.39 is 0 Å². The summed E-state index contributed by atoms with van der Waals surface area (Å²) in [5, 5.41) is 3.97. The minimum atomic E-state index is -0.352. The Bertz CT molecular complexity index is 932. The van der Waals surface area contributed by atoms with Crippen molar-refractivity contribution >= 4 is 17.7 Å². The van der Waals surface area contributed by atoms with E-state index in [1.807, 2.05) is 63.2 Å². The predicted octanol–water partition coefficient (Wildman–Crippen LogP) is 5.13. The molecule has 6 heteroatoms. The molecule has 28 heavy (non-hydrogen) atoms. The van der Waals surface area contributed by atoms with Crippen LogP contribution >= 0.6 is 11.8 Å². The highest BCUT2D eigenvalue weighted by molar-refractivity contribution is 7.98. The highest BCUT2D eigenvalue weighted by atomic mass is 32.2. The fraction of sp³-hybridized carbons (Fsp3) is 0.273. The molecule has 146 valence electrons. The Morgan fingerprint density at radius 1 is 1.07 bits per heavy atom. The SMILES string of the molecule is Cc1cccc(OCCOC(=O)c2ccccc2SCc2c(C)noc2C)c1. The molecule has 0 spiro atoms. The molecule has 0 aliphatic heterocycles. The molecule has 0 amide bonds. The predicted molar refractivity (Wildman–Crippen MR) is 109 cm³/mol. The summed E-state index contributed by atoms with van der Waals surface area (Å²) in [5.74, 6) is 1.90. The van der Waals surface area contributed by atoms with E-state index in [0.29, 0.717) is 17.9 Å². The summed E-state index contributed by atoms with van der Waals surface area (Å²) >= 11 is 1.57. The largest absolute Gasteiger partial charge is 0.490 e. The van der Waals surface area contributed by atoms with E-state index in [-0.39, 0.29) is 12.6 Å². The Kier molecular flexibility index (Phi) is 6.76. The van der Waals surface area contributed by atoms with Gasteiger partial charge in [0.05, 0.1) is 11.3 Å². The van der Waals surface area contributed by atoms with Crippen molar-refractivity contribution in [1.82, 2.24) is 5.16 Å². The second-order valence-corrected chi connectivity index (χ2v) is 7.41. The standard InChI is InChI=1S/C22H23NO4S/c1-15-7-6-8-18(13-15)25-11-12-26-22(24)19-9-4-5-10-21(19)28-14-20-16(2)23-27-17(20)3/h4-10,13H,11-12,14H2,1-3H3. The maximum Gasteiger partial charge on any atom is 0.339 e. The zero-order valence-electron chi connectivity index (χ0n) is 16.2. The maximum atomic E-state index is 12.5. The minimum Gasteiger partial charge on any atom is -0.490 e. The van der Waals surface area contributed by atoms with Gasteiger partial charge in [0.15, 0.2) is 0 Å². The van der Waals surface area contributed by atoms with Crippen LogP contribution in [-0.2, 0) is 10.5 Å². The number of thioether (sulfide) groups is 1. The van der Waals surface area contributed by atoms with Crippen molar-refractivity contribution in [1.29, 1.82) is 0 Å². The molecule has 1 aromatic heterocycles. The Labute approximate surface area is 169 Å². The number of aryl methyl sites for hydroxylation is 3. The third kappa shape index (κ3) is 5.16. The third-order valence-corrected chi connectivity index (χ3v) is 5.33. The summed E-state index contributed by atoms with van der Waals surface area (Å²) in [6.07, 6.45) is 0. The van der Waals surface area contributed by atoms with Gasteiger partial charge in [-0.3, -0.25) is 0 Å². The van der Waals surface area contributed by atoms with E-state index in [1.165, 1.54) is 0 Å². The number of carbonyl (C=O) groups is 1. The van der Waals surface area contributed by atoms with Gasteiger partial charge in [-0.2, -0.15) is 0 Å². The summed E-state index contributed by atoms with van der Waals surface area (Å²) in [5.41, 5.74) is 3.60. The van der Waals surface area contributed by atoms with Crippen molar-refractivity contribution in [3.8, 4) is 5.75 Å². The fourth-order valence-electron chi connectivity index (χ4n) is 2.70. The van der Waals surface area contributed by atoms with Crippen LogP contribution < -0.4 is 4.74 Å². The number of rotatable bonds is 8. The van der Waals surface area contributed by atoms with Crippen LogP contribution in [0.15, 0.2) is 57.9 Å². The molecule has 2 aromatic carbocycles. The van der Waals surface area contributed by atoms with Crippen molar-refractivity contribution < 1.29 is 18.8 Å². The average Bonchev–Trinajstić information content (AvgIpc) is 3.01. The third-order valence-electron chi connectivity index (χ3n) is 4.23. The quantitative estimate of drug-likeness (QED) is 0.298. The second-order valence-electron chi connectivity index (χ2n) is 6.39. The number of aromatic nitrogens is 1. The molecule has 5 nitrogen and oxygen atoms in total. The van der Waals surface area contributed by atoms with Crippen molar-refractivity contribution in [3.63, 3.8) is 0 Å². The molecule has 0 aliphatic rings. The van der Waals surface area contributed by atoms with Gasteiger partial charge in [-0.15, -0.1) is 11.8 Å². The molecular weight excluding hydrogens is 374 g/mol. The van der Waals surface area contributed by atoms with E-state index >= 15 is 0 Å². The number of esters is 1. The highest BCUT2D eigenvalue weighted by Crippen LogP contribution is 2.29. The zero-order chi connectivity index (χ0) is 19.9. The molecule has 3 rings (SSSR count). The minimum absolute atomic E-state index is 0.190. The average molecular weight is 397 g/mol. The Hall–Kier alpha value is -2.73. The van der Waals surface area contributed by atoms with Crippen LogP contribution in [0.25, 0.3) is 0 Å². The van der Waals surface area contributed by atoms with Gasteiger partial charge in [0.1, 0.15) is 24.7 Å². The van der Waals surface area contributed by atoms with Gasteiger partial charge >= 0.3 is 5.97 Å². The Morgan fingerprint density at radius 3 is 2.64 bits per heavy atom. The van der Waals surface area contributed by atoms with Gasteiger partial charge in [-0.25, -0.2) is 4.79 Å². The van der Waals surface area contributed by atoms with E-state index in [9.17, 15) is 4.79 Å². The van der Waals surface area contributed by atoms with Crippen molar-refractivity contribution in [2.75, 3.05) is 13.2 Å². The number of nitrogens with zero attached hydrogens (tertiary/aromatic N) is 1. The van der Waals surface area contributed by atoms with E-state index in [4.69, 9.17) is 14.0 Å². The van der Waals surface area contributed by atoms with Gasteiger partial charge in [-0.05, 0) is 50.6 Å². The number of hydrogen-bond donors (Lipinski definition) is 0. The van der Waals surface area contributed by atoms with Gasteiger partial charge in [-0.1, -0.05) is 29.4 Å².